The van der Waals surface area contributed by atoms with Crippen molar-refractivity contribution in [1.82, 2.24) is 5.32 Å². The van der Waals surface area contributed by atoms with Gasteiger partial charge >= 0.3 is 0 Å². The van der Waals surface area contributed by atoms with Gasteiger partial charge in [0.15, 0.2) is 5.11 Å². The van der Waals surface area contributed by atoms with Gasteiger partial charge in [0.1, 0.15) is 5.75 Å². The molecule has 0 fully saturated rings. The van der Waals surface area contributed by atoms with Crippen molar-refractivity contribution >= 4 is 44.9 Å². The molecule has 2 aromatic rings. The van der Waals surface area contributed by atoms with Gasteiger partial charge in [-0.15, -0.1) is 0 Å². The Morgan fingerprint density at radius 2 is 1.96 bits per heavy atom. The van der Waals surface area contributed by atoms with Crippen molar-refractivity contribution in [2.45, 2.75) is 13.3 Å². The highest BCUT2D eigenvalue weighted by molar-refractivity contribution is 9.10. The Morgan fingerprint density at radius 3 is 2.65 bits per heavy atom. The second-order valence-electron chi connectivity index (χ2n) is 4.76. The van der Waals surface area contributed by atoms with Crippen LogP contribution in [0, 0.1) is 0 Å². The van der Waals surface area contributed by atoms with E-state index in [1.807, 2.05) is 43.3 Å². The number of carbonyl (C=O) groups excluding carboxylic acids is 1. The quantitative estimate of drug-likeness (QED) is 0.741. The second kappa shape index (κ2) is 8.64. The van der Waals surface area contributed by atoms with Crippen LogP contribution in [0.25, 0.3) is 0 Å². The molecule has 1 amide bonds. The fourth-order valence-corrected chi connectivity index (χ4v) is 2.44. The lowest BCUT2D eigenvalue weighted by molar-refractivity contribution is 0.0973. The third kappa shape index (κ3) is 5.33. The van der Waals surface area contributed by atoms with E-state index in [1.165, 1.54) is 0 Å². The minimum Gasteiger partial charge on any atom is -0.493 e. The molecule has 2 aromatic carbocycles. The van der Waals surface area contributed by atoms with E-state index >= 15 is 0 Å². The molecule has 0 atom stereocenters. The van der Waals surface area contributed by atoms with Gasteiger partial charge in [0, 0.05) is 10.2 Å². The van der Waals surface area contributed by atoms with Crippen LogP contribution >= 0.6 is 28.1 Å². The normalized spacial score (nSPS) is 10.0. The van der Waals surface area contributed by atoms with Crippen molar-refractivity contribution in [3.63, 3.8) is 0 Å². The van der Waals surface area contributed by atoms with E-state index < -0.39 is 0 Å². The average Bonchev–Trinajstić information content (AvgIpc) is 2.54. The summed E-state index contributed by atoms with van der Waals surface area (Å²) in [5.74, 6) is 0.223. The Kier molecular flexibility index (Phi) is 6.55. The number of benzene rings is 2. The van der Waals surface area contributed by atoms with E-state index in [1.54, 1.807) is 12.1 Å². The zero-order valence-electron chi connectivity index (χ0n) is 12.6. The van der Waals surface area contributed by atoms with E-state index in [4.69, 9.17) is 17.0 Å². The van der Waals surface area contributed by atoms with Crippen LogP contribution in [-0.2, 0) is 0 Å². The van der Waals surface area contributed by atoms with Crippen LogP contribution in [0.15, 0.2) is 53.0 Å². The lowest BCUT2D eigenvalue weighted by Crippen LogP contribution is -2.34. The summed E-state index contributed by atoms with van der Waals surface area (Å²) in [5, 5.41) is 5.87. The smallest absolute Gasteiger partial charge is 0.261 e. The summed E-state index contributed by atoms with van der Waals surface area (Å²) in [6.07, 6.45) is 0.866. The summed E-state index contributed by atoms with van der Waals surface area (Å²) in [5.41, 5.74) is 1.25. The summed E-state index contributed by atoms with van der Waals surface area (Å²) >= 11 is 8.55. The van der Waals surface area contributed by atoms with Crippen molar-refractivity contribution in [2.75, 3.05) is 11.9 Å². The Morgan fingerprint density at radius 1 is 1.22 bits per heavy atom. The number of rotatable bonds is 5. The van der Waals surface area contributed by atoms with Gasteiger partial charge in [0.25, 0.3) is 5.91 Å². The highest BCUT2D eigenvalue weighted by Crippen LogP contribution is 2.23. The SMILES string of the molecule is CCCOc1ccc(Br)cc1C(=O)NC(=S)Nc1ccccc1. The minimum absolute atomic E-state index is 0.239. The van der Waals surface area contributed by atoms with Crippen LogP contribution in [-0.4, -0.2) is 17.6 Å². The van der Waals surface area contributed by atoms with Crippen LogP contribution in [0.4, 0.5) is 5.69 Å². The van der Waals surface area contributed by atoms with Gasteiger partial charge in [-0.3, -0.25) is 10.1 Å². The Bertz CT molecular complexity index is 692. The molecule has 0 heterocycles. The second-order valence-corrected chi connectivity index (χ2v) is 6.09. The number of thiocarbonyl (C=S) groups is 1. The molecular formula is C17H17BrN2O2S. The average molecular weight is 393 g/mol. The fourth-order valence-electron chi connectivity index (χ4n) is 1.87. The summed E-state index contributed by atoms with van der Waals surface area (Å²) in [4.78, 5) is 12.4. The van der Waals surface area contributed by atoms with Crippen LogP contribution in [0.3, 0.4) is 0 Å². The Hall–Kier alpha value is -1.92. The van der Waals surface area contributed by atoms with Crippen molar-refractivity contribution in [3.05, 3.63) is 58.6 Å². The van der Waals surface area contributed by atoms with E-state index in [2.05, 4.69) is 26.6 Å². The monoisotopic (exact) mass is 392 g/mol. The molecule has 0 aliphatic carbocycles. The van der Waals surface area contributed by atoms with E-state index in [-0.39, 0.29) is 11.0 Å². The number of hydrogen-bond donors (Lipinski definition) is 2. The number of amides is 1. The molecule has 2 rings (SSSR count). The number of para-hydroxylation sites is 1. The van der Waals surface area contributed by atoms with Gasteiger partial charge < -0.3 is 10.1 Å². The van der Waals surface area contributed by atoms with Crippen LogP contribution in [0.5, 0.6) is 5.75 Å². The summed E-state index contributed by atoms with van der Waals surface area (Å²) in [6, 6.07) is 14.7. The summed E-state index contributed by atoms with van der Waals surface area (Å²) in [6.45, 7) is 2.56. The summed E-state index contributed by atoms with van der Waals surface area (Å²) in [7, 11) is 0. The first-order valence-electron chi connectivity index (χ1n) is 7.20. The first kappa shape index (κ1) is 17.4. The number of hydrogen-bond acceptors (Lipinski definition) is 3. The molecule has 0 radical (unpaired) electrons. The van der Waals surface area contributed by atoms with Crippen LogP contribution in [0.2, 0.25) is 0 Å². The maximum Gasteiger partial charge on any atom is 0.261 e. The molecule has 4 nitrogen and oxygen atoms in total. The molecule has 120 valence electrons. The van der Waals surface area contributed by atoms with Crippen molar-refractivity contribution < 1.29 is 9.53 Å². The molecule has 0 bridgehead atoms. The zero-order chi connectivity index (χ0) is 16.7. The molecule has 0 unspecified atom stereocenters. The van der Waals surface area contributed by atoms with Gasteiger partial charge in [-0.05, 0) is 49.0 Å². The van der Waals surface area contributed by atoms with Gasteiger partial charge in [-0.1, -0.05) is 41.1 Å². The molecule has 2 N–H and O–H groups in total. The zero-order valence-corrected chi connectivity index (χ0v) is 15.0. The molecule has 6 heteroatoms. The third-order valence-corrected chi connectivity index (χ3v) is 3.60. The predicted molar refractivity (Wildman–Crippen MR) is 100 cm³/mol. The molecule has 0 aliphatic rings. The van der Waals surface area contributed by atoms with E-state index in [0.29, 0.717) is 17.9 Å². The number of ether oxygens (including phenoxy) is 1. The highest BCUT2D eigenvalue weighted by Gasteiger charge is 2.14. The van der Waals surface area contributed by atoms with Crippen molar-refractivity contribution in [2.24, 2.45) is 0 Å². The number of nitrogens with one attached hydrogen (secondary N) is 2. The van der Waals surface area contributed by atoms with E-state index in [0.717, 1.165) is 16.6 Å². The largest absolute Gasteiger partial charge is 0.493 e. The molecule has 0 aliphatic heterocycles. The maximum absolute atomic E-state index is 12.4. The van der Waals surface area contributed by atoms with E-state index in [9.17, 15) is 4.79 Å². The standard InChI is InChI=1S/C17H17BrN2O2S/c1-2-10-22-15-9-8-12(18)11-14(15)16(21)20-17(23)19-13-6-4-3-5-7-13/h3-9,11H,2,10H2,1H3,(H2,19,20,21,23). The molecular weight excluding hydrogens is 376 g/mol. The molecule has 0 aromatic heterocycles. The molecule has 23 heavy (non-hydrogen) atoms. The van der Waals surface area contributed by atoms with Gasteiger partial charge in [0.2, 0.25) is 0 Å². The lowest BCUT2D eigenvalue weighted by Gasteiger charge is -2.13. The van der Waals surface area contributed by atoms with Crippen LogP contribution in [0.1, 0.15) is 23.7 Å². The molecule has 0 saturated carbocycles. The number of anilines is 1. The molecule has 0 spiro atoms. The van der Waals surface area contributed by atoms with Crippen LogP contribution < -0.4 is 15.4 Å². The highest BCUT2D eigenvalue weighted by atomic mass is 79.9. The first-order valence-corrected chi connectivity index (χ1v) is 8.40. The van der Waals surface area contributed by atoms with Gasteiger partial charge in [-0.25, -0.2) is 0 Å². The van der Waals surface area contributed by atoms with Gasteiger partial charge in [-0.2, -0.15) is 0 Å². The Labute approximate surface area is 149 Å². The third-order valence-electron chi connectivity index (χ3n) is 2.91. The number of carbonyl (C=O) groups is 1. The lowest BCUT2D eigenvalue weighted by atomic mass is 10.2. The van der Waals surface area contributed by atoms with Gasteiger partial charge in [0.05, 0.1) is 12.2 Å². The van der Waals surface area contributed by atoms with Crippen molar-refractivity contribution in [1.29, 1.82) is 0 Å². The van der Waals surface area contributed by atoms with Crippen molar-refractivity contribution in [3.8, 4) is 5.75 Å². The topological polar surface area (TPSA) is 50.4 Å². The predicted octanol–water partition coefficient (Wildman–Crippen LogP) is 4.36. The number of halogens is 1. The Balaban J connectivity index is 2.07. The molecule has 0 saturated heterocycles. The first-order chi connectivity index (χ1) is 11.1. The summed E-state index contributed by atoms with van der Waals surface area (Å²) < 4.78 is 6.42. The minimum atomic E-state index is -0.314. The fraction of sp³-hybridized carbons (Fsp3) is 0.176. The maximum atomic E-state index is 12.4.